The van der Waals surface area contributed by atoms with Gasteiger partial charge in [0, 0.05) is 12.3 Å². The van der Waals surface area contributed by atoms with Crippen LogP contribution in [0, 0.1) is 5.92 Å². The Labute approximate surface area is 322 Å². The van der Waals surface area contributed by atoms with E-state index in [1.54, 1.807) is 36.4 Å². The van der Waals surface area contributed by atoms with Crippen LogP contribution in [-0.4, -0.2) is 60.9 Å². The van der Waals surface area contributed by atoms with Gasteiger partial charge in [0.2, 0.25) is 11.8 Å². The maximum Gasteiger partial charge on any atom is 0.407 e. The van der Waals surface area contributed by atoms with Crippen molar-refractivity contribution in [3.63, 3.8) is 0 Å². The van der Waals surface area contributed by atoms with Gasteiger partial charge in [-0.15, -0.1) is 13.2 Å². The van der Waals surface area contributed by atoms with Gasteiger partial charge in [-0.05, 0) is 59.1 Å². The molecule has 4 aromatic carbocycles. The predicted octanol–water partition coefficient (Wildman–Crippen LogP) is 6.56. The quantitative estimate of drug-likeness (QED) is 0.0593. The van der Waals surface area contributed by atoms with Gasteiger partial charge in [-0.25, -0.2) is 9.59 Å². The van der Waals surface area contributed by atoms with Crippen LogP contribution in [-0.2, 0) is 30.3 Å². The fourth-order valence-electron chi connectivity index (χ4n) is 6.83. The lowest BCUT2D eigenvalue weighted by Crippen LogP contribution is -2.44. The standard InChI is InChI=1S/C45H49N3O7/c1-3-5-25-40(48-45(53)55-29-39-37-23-14-12-21-35(37)36-22-13-15-24-38(36)39)44(52)54-30-41(32-19-10-7-11-20-32)47-43(51)33(16-4-2)27-42(50)46-34(28-49)26-31-17-8-6-9-18-31/h3-4,6-15,17-24,33-34,39-41,49H,1-2,5,16,25-30H2,(H,46,50)(H,47,51)(H,48,53)/t33-,34+,40+,41+/m1/s1. The van der Waals surface area contributed by atoms with E-state index in [0.717, 1.165) is 27.8 Å². The first-order valence-corrected chi connectivity index (χ1v) is 18.6. The van der Waals surface area contributed by atoms with E-state index >= 15 is 0 Å². The molecule has 4 aromatic rings. The lowest BCUT2D eigenvalue weighted by atomic mass is 9.97. The second kappa shape index (κ2) is 20.5. The lowest BCUT2D eigenvalue weighted by molar-refractivity contribution is -0.147. The summed E-state index contributed by atoms with van der Waals surface area (Å²) in [7, 11) is 0. The number of amides is 3. The van der Waals surface area contributed by atoms with Gasteiger partial charge in [-0.1, -0.05) is 121 Å². The minimum absolute atomic E-state index is 0.0861. The number of esters is 1. The van der Waals surface area contributed by atoms with E-state index in [1.165, 1.54) is 0 Å². The lowest BCUT2D eigenvalue weighted by Gasteiger charge is -2.24. The number of hydrogen-bond donors (Lipinski definition) is 4. The third kappa shape index (κ3) is 11.3. The monoisotopic (exact) mass is 743 g/mol. The fraction of sp³-hybridized carbons (Fsp3) is 0.289. The Morgan fingerprint density at radius 1 is 0.745 bits per heavy atom. The van der Waals surface area contributed by atoms with Crippen molar-refractivity contribution in [2.24, 2.45) is 5.92 Å². The number of aliphatic hydroxyl groups excluding tert-OH is 1. The van der Waals surface area contributed by atoms with Crippen molar-refractivity contribution in [3.05, 3.63) is 157 Å². The van der Waals surface area contributed by atoms with E-state index in [2.05, 4.69) is 41.2 Å². The van der Waals surface area contributed by atoms with Gasteiger partial charge < -0.3 is 30.5 Å². The first-order valence-electron chi connectivity index (χ1n) is 18.6. The number of carbonyl (C=O) groups excluding carboxylic acids is 4. The van der Waals surface area contributed by atoms with Gasteiger partial charge in [0.1, 0.15) is 19.3 Å². The maximum absolute atomic E-state index is 13.7. The molecule has 0 radical (unpaired) electrons. The summed E-state index contributed by atoms with van der Waals surface area (Å²) in [5.41, 5.74) is 5.99. The van der Waals surface area contributed by atoms with E-state index < -0.39 is 42.0 Å². The van der Waals surface area contributed by atoms with Crippen LogP contribution in [0.4, 0.5) is 4.79 Å². The second-order valence-electron chi connectivity index (χ2n) is 13.6. The zero-order chi connectivity index (χ0) is 39.0. The molecule has 0 unspecified atom stereocenters. The largest absolute Gasteiger partial charge is 0.462 e. The molecule has 0 fully saturated rings. The van der Waals surface area contributed by atoms with Gasteiger partial charge in [-0.3, -0.25) is 9.59 Å². The molecule has 55 heavy (non-hydrogen) atoms. The maximum atomic E-state index is 13.7. The van der Waals surface area contributed by atoms with Crippen LogP contribution < -0.4 is 16.0 Å². The number of ether oxygens (including phenoxy) is 2. The van der Waals surface area contributed by atoms with Crippen LogP contribution in [0.1, 0.15) is 59.9 Å². The van der Waals surface area contributed by atoms with Crippen molar-refractivity contribution in [3.8, 4) is 11.1 Å². The molecule has 0 saturated heterocycles. The van der Waals surface area contributed by atoms with E-state index in [-0.39, 0.29) is 50.9 Å². The number of nitrogens with one attached hydrogen (secondary N) is 3. The van der Waals surface area contributed by atoms with Crippen molar-refractivity contribution in [1.29, 1.82) is 0 Å². The molecule has 0 saturated carbocycles. The van der Waals surface area contributed by atoms with Crippen molar-refractivity contribution in [2.45, 2.75) is 56.1 Å². The molecular formula is C45H49N3O7. The Hall–Kier alpha value is -6.00. The Morgan fingerprint density at radius 3 is 1.98 bits per heavy atom. The highest BCUT2D eigenvalue weighted by molar-refractivity contribution is 5.86. The van der Waals surface area contributed by atoms with Gasteiger partial charge >= 0.3 is 12.1 Å². The van der Waals surface area contributed by atoms with Gasteiger partial charge in [0.05, 0.1) is 24.6 Å². The highest BCUT2D eigenvalue weighted by Gasteiger charge is 2.31. The topological polar surface area (TPSA) is 143 Å². The molecule has 4 N–H and O–H groups in total. The summed E-state index contributed by atoms with van der Waals surface area (Å²) < 4.78 is 11.4. The number of allylic oxidation sites excluding steroid dienone is 2. The molecule has 1 aliphatic carbocycles. The zero-order valence-corrected chi connectivity index (χ0v) is 30.9. The summed E-state index contributed by atoms with van der Waals surface area (Å²) in [5, 5.41) is 18.4. The third-order valence-corrected chi connectivity index (χ3v) is 9.65. The summed E-state index contributed by atoms with van der Waals surface area (Å²) in [5.74, 6) is -2.42. The number of carbonyl (C=O) groups is 4. The number of hydrogen-bond acceptors (Lipinski definition) is 7. The van der Waals surface area contributed by atoms with E-state index in [4.69, 9.17) is 9.47 Å². The first-order chi connectivity index (χ1) is 26.8. The van der Waals surface area contributed by atoms with Gasteiger partial charge in [0.15, 0.2) is 0 Å². The summed E-state index contributed by atoms with van der Waals surface area (Å²) >= 11 is 0. The van der Waals surface area contributed by atoms with Crippen LogP contribution in [0.5, 0.6) is 0 Å². The number of alkyl carbamates (subject to hydrolysis) is 1. The Morgan fingerprint density at radius 2 is 1.36 bits per heavy atom. The average Bonchev–Trinajstić information content (AvgIpc) is 3.53. The van der Waals surface area contributed by atoms with Crippen molar-refractivity contribution in [1.82, 2.24) is 16.0 Å². The molecule has 3 amide bonds. The molecule has 0 aliphatic heterocycles. The summed E-state index contributed by atoms with van der Waals surface area (Å²) in [4.78, 5) is 53.4. The molecule has 0 bridgehead atoms. The number of rotatable bonds is 20. The molecule has 0 spiro atoms. The Balaban J connectivity index is 1.20. The average molecular weight is 744 g/mol. The second-order valence-corrected chi connectivity index (χ2v) is 13.6. The molecule has 0 heterocycles. The van der Waals surface area contributed by atoms with Crippen molar-refractivity contribution >= 4 is 23.9 Å². The molecule has 5 rings (SSSR count). The van der Waals surface area contributed by atoms with E-state index in [9.17, 15) is 24.3 Å². The van der Waals surface area contributed by atoms with Crippen molar-refractivity contribution < 1.29 is 33.8 Å². The molecule has 4 atom stereocenters. The van der Waals surface area contributed by atoms with Gasteiger partial charge in [0.25, 0.3) is 0 Å². The molecular weight excluding hydrogens is 695 g/mol. The summed E-state index contributed by atoms with van der Waals surface area (Å²) in [6.45, 7) is 7.11. The fourth-order valence-corrected chi connectivity index (χ4v) is 6.83. The van der Waals surface area contributed by atoms with Crippen LogP contribution in [0.15, 0.2) is 135 Å². The minimum atomic E-state index is -1.03. The number of fused-ring (bicyclic) bond motifs is 3. The van der Waals surface area contributed by atoms with Crippen LogP contribution in [0.2, 0.25) is 0 Å². The molecule has 10 heteroatoms. The molecule has 0 aromatic heterocycles. The highest BCUT2D eigenvalue weighted by atomic mass is 16.6. The number of aliphatic hydroxyl groups is 1. The zero-order valence-electron chi connectivity index (χ0n) is 30.9. The Bertz CT molecular complexity index is 1870. The minimum Gasteiger partial charge on any atom is -0.462 e. The summed E-state index contributed by atoms with van der Waals surface area (Å²) in [6, 6.07) is 32.3. The number of benzene rings is 4. The SMILES string of the molecule is C=CCC[C@H](NC(=O)OCC1c2ccccc2-c2ccccc21)C(=O)OC[C@H](NC(=O)[C@H](CC=C)CC(=O)N[C@H](CO)Cc1ccccc1)c1ccccc1. The smallest absolute Gasteiger partial charge is 0.407 e. The first kappa shape index (κ1) is 40.2. The summed E-state index contributed by atoms with van der Waals surface area (Å²) in [6.07, 6.45) is 3.63. The van der Waals surface area contributed by atoms with Crippen molar-refractivity contribution in [2.75, 3.05) is 19.8 Å². The van der Waals surface area contributed by atoms with E-state index in [1.807, 2.05) is 72.8 Å². The molecule has 1 aliphatic rings. The van der Waals surface area contributed by atoms with Crippen LogP contribution >= 0.6 is 0 Å². The highest BCUT2D eigenvalue weighted by Crippen LogP contribution is 2.44. The molecule has 286 valence electrons. The third-order valence-electron chi connectivity index (χ3n) is 9.65. The van der Waals surface area contributed by atoms with Crippen LogP contribution in [0.3, 0.4) is 0 Å². The van der Waals surface area contributed by atoms with Gasteiger partial charge in [-0.2, -0.15) is 0 Å². The molecule has 10 nitrogen and oxygen atoms in total. The van der Waals surface area contributed by atoms with E-state index in [0.29, 0.717) is 18.4 Å². The Kier molecular flexibility index (Phi) is 14.9. The normalized spacial score (nSPS) is 13.8. The predicted molar refractivity (Wildman–Crippen MR) is 212 cm³/mol. The van der Waals surface area contributed by atoms with Crippen LogP contribution in [0.25, 0.3) is 11.1 Å².